The number of aromatic hydroxyl groups is 1. The Bertz CT molecular complexity index is 525. The number of likely N-dealkylation sites (tertiary alicyclic amines) is 1. The first kappa shape index (κ1) is 16.6. The van der Waals surface area contributed by atoms with Crippen molar-refractivity contribution in [2.45, 2.75) is 38.8 Å². The lowest BCUT2D eigenvalue weighted by Crippen LogP contribution is -2.36. The summed E-state index contributed by atoms with van der Waals surface area (Å²) in [4.78, 5) is 13.9. The van der Waals surface area contributed by atoms with E-state index >= 15 is 0 Å². The molecule has 5 heteroatoms. The Labute approximate surface area is 132 Å². The third kappa shape index (κ3) is 4.13. The summed E-state index contributed by atoms with van der Waals surface area (Å²) < 4.78 is 5.43. The highest BCUT2D eigenvalue weighted by molar-refractivity contribution is 5.68. The lowest BCUT2D eigenvalue weighted by molar-refractivity contribution is 0.0285. The molecule has 122 valence electrons. The fourth-order valence-corrected chi connectivity index (χ4v) is 2.94. The number of phenolic OH excluding ortho intramolecular Hbond substituents is 1. The third-order valence-corrected chi connectivity index (χ3v) is 3.89. The van der Waals surface area contributed by atoms with Gasteiger partial charge in [-0.25, -0.2) is 4.79 Å². The molecule has 0 saturated carbocycles. The molecule has 2 rings (SSSR count). The van der Waals surface area contributed by atoms with E-state index in [0.29, 0.717) is 19.0 Å². The van der Waals surface area contributed by atoms with Crippen LogP contribution in [0.25, 0.3) is 0 Å². The lowest BCUT2D eigenvalue weighted by Gasteiger charge is -2.26. The lowest BCUT2D eigenvalue weighted by atomic mass is 9.92. The van der Waals surface area contributed by atoms with Crippen LogP contribution < -0.4 is 5.32 Å². The Morgan fingerprint density at radius 1 is 1.45 bits per heavy atom. The normalized spacial score (nSPS) is 20.0. The van der Waals surface area contributed by atoms with Gasteiger partial charge in [-0.2, -0.15) is 0 Å². The summed E-state index contributed by atoms with van der Waals surface area (Å²) in [6.45, 7) is 7.00. The van der Waals surface area contributed by atoms with Crippen molar-refractivity contribution < 1.29 is 14.6 Å². The van der Waals surface area contributed by atoms with E-state index in [2.05, 4.69) is 5.32 Å². The first-order chi connectivity index (χ1) is 10.3. The molecule has 1 fully saturated rings. The van der Waals surface area contributed by atoms with Crippen molar-refractivity contribution in [1.29, 1.82) is 0 Å². The molecule has 0 aromatic heterocycles. The largest absolute Gasteiger partial charge is 0.508 e. The van der Waals surface area contributed by atoms with Crippen molar-refractivity contribution in [2.24, 2.45) is 5.92 Å². The number of ether oxygens (including phenoxy) is 1. The first-order valence-corrected chi connectivity index (χ1v) is 7.74. The summed E-state index contributed by atoms with van der Waals surface area (Å²) in [6.07, 6.45) is 0.668. The Morgan fingerprint density at radius 3 is 2.77 bits per heavy atom. The number of amides is 1. The summed E-state index contributed by atoms with van der Waals surface area (Å²) in [6, 6.07) is 7.39. The quantitative estimate of drug-likeness (QED) is 0.901. The van der Waals surface area contributed by atoms with E-state index in [1.807, 2.05) is 40.0 Å². The number of phenols is 1. The molecule has 0 spiro atoms. The van der Waals surface area contributed by atoms with Gasteiger partial charge in [0.25, 0.3) is 0 Å². The molecule has 1 aliphatic rings. The highest BCUT2D eigenvalue weighted by atomic mass is 16.6. The zero-order valence-electron chi connectivity index (χ0n) is 13.8. The molecule has 0 radical (unpaired) electrons. The van der Waals surface area contributed by atoms with Gasteiger partial charge in [-0.05, 0) is 57.9 Å². The first-order valence-electron chi connectivity index (χ1n) is 7.74. The number of carbonyl (C=O) groups is 1. The summed E-state index contributed by atoms with van der Waals surface area (Å²) in [5.74, 6) is 0.569. The van der Waals surface area contributed by atoms with Gasteiger partial charge in [0.2, 0.25) is 0 Å². The number of rotatable bonds is 3. The second-order valence-corrected chi connectivity index (χ2v) is 6.84. The molecule has 2 atom stereocenters. The SMILES string of the molecule is CNC(c1cccc(O)c1)C1CCN(C(=O)OC(C)(C)C)C1. The Morgan fingerprint density at radius 2 is 2.18 bits per heavy atom. The van der Waals surface area contributed by atoms with Crippen LogP contribution in [0.4, 0.5) is 4.79 Å². The Kier molecular flexibility index (Phi) is 4.96. The van der Waals surface area contributed by atoms with Gasteiger partial charge < -0.3 is 20.1 Å². The van der Waals surface area contributed by atoms with Crippen LogP contribution >= 0.6 is 0 Å². The van der Waals surface area contributed by atoms with Crippen molar-refractivity contribution in [1.82, 2.24) is 10.2 Å². The van der Waals surface area contributed by atoms with Crippen molar-refractivity contribution >= 4 is 6.09 Å². The van der Waals surface area contributed by atoms with Gasteiger partial charge in [0.15, 0.2) is 0 Å². The van der Waals surface area contributed by atoms with Crippen LogP contribution in [-0.4, -0.2) is 41.8 Å². The highest BCUT2D eigenvalue weighted by Crippen LogP contribution is 2.31. The van der Waals surface area contributed by atoms with Gasteiger partial charge in [-0.1, -0.05) is 12.1 Å². The van der Waals surface area contributed by atoms with E-state index in [1.165, 1.54) is 0 Å². The van der Waals surface area contributed by atoms with Gasteiger partial charge in [0, 0.05) is 19.1 Å². The van der Waals surface area contributed by atoms with Crippen molar-refractivity contribution in [3.63, 3.8) is 0 Å². The zero-order valence-corrected chi connectivity index (χ0v) is 13.8. The molecule has 1 saturated heterocycles. The van der Waals surface area contributed by atoms with E-state index in [-0.39, 0.29) is 17.9 Å². The predicted molar refractivity (Wildman–Crippen MR) is 85.8 cm³/mol. The van der Waals surface area contributed by atoms with Crippen LogP contribution in [0.1, 0.15) is 38.8 Å². The number of benzene rings is 1. The average molecular weight is 306 g/mol. The van der Waals surface area contributed by atoms with Crippen molar-refractivity contribution in [3.05, 3.63) is 29.8 Å². The van der Waals surface area contributed by atoms with Crippen LogP contribution in [-0.2, 0) is 4.74 Å². The minimum Gasteiger partial charge on any atom is -0.508 e. The summed E-state index contributed by atoms with van der Waals surface area (Å²) in [5, 5.41) is 13.0. The summed E-state index contributed by atoms with van der Waals surface area (Å²) in [5.41, 5.74) is 0.571. The molecule has 22 heavy (non-hydrogen) atoms. The van der Waals surface area contributed by atoms with Crippen molar-refractivity contribution in [2.75, 3.05) is 20.1 Å². The number of carbonyl (C=O) groups excluding carboxylic acids is 1. The van der Waals surface area contributed by atoms with E-state index in [1.54, 1.807) is 17.0 Å². The summed E-state index contributed by atoms with van der Waals surface area (Å²) >= 11 is 0. The topological polar surface area (TPSA) is 61.8 Å². The minimum atomic E-state index is -0.469. The van der Waals surface area contributed by atoms with E-state index in [0.717, 1.165) is 12.0 Å². The number of hydrogen-bond acceptors (Lipinski definition) is 4. The smallest absolute Gasteiger partial charge is 0.410 e. The maximum atomic E-state index is 12.2. The van der Waals surface area contributed by atoms with Gasteiger partial charge in [-0.3, -0.25) is 0 Å². The van der Waals surface area contributed by atoms with Gasteiger partial charge in [0.05, 0.1) is 0 Å². The number of nitrogens with one attached hydrogen (secondary N) is 1. The highest BCUT2D eigenvalue weighted by Gasteiger charge is 2.34. The second kappa shape index (κ2) is 6.57. The van der Waals surface area contributed by atoms with Gasteiger partial charge in [0.1, 0.15) is 11.4 Å². The standard InChI is InChI=1S/C17H26N2O3/c1-17(2,3)22-16(21)19-9-8-13(11-19)15(18-4)12-6-5-7-14(20)10-12/h5-7,10,13,15,18,20H,8-9,11H2,1-4H3. The molecule has 0 bridgehead atoms. The number of hydrogen-bond donors (Lipinski definition) is 2. The van der Waals surface area contributed by atoms with Crippen LogP contribution in [0.2, 0.25) is 0 Å². The Hall–Kier alpha value is -1.75. The fourth-order valence-electron chi connectivity index (χ4n) is 2.94. The van der Waals surface area contributed by atoms with Crippen LogP contribution in [0, 0.1) is 5.92 Å². The minimum absolute atomic E-state index is 0.111. The second-order valence-electron chi connectivity index (χ2n) is 6.84. The zero-order chi connectivity index (χ0) is 16.3. The fraction of sp³-hybridized carbons (Fsp3) is 0.588. The average Bonchev–Trinajstić information content (AvgIpc) is 2.87. The van der Waals surface area contributed by atoms with E-state index < -0.39 is 5.60 Å². The van der Waals surface area contributed by atoms with Gasteiger partial charge >= 0.3 is 6.09 Å². The van der Waals surface area contributed by atoms with Gasteiger partial charge in [-0.15, -0.1) is 0 Å². The molecular formula is C17H26N2O3. The van der Waals surface area contributed by atoms with Crippen LogP contribution in [0.5, 0.6) is 5.75 Å². The molecule has 1 aliphatic heterocycles. The molecule has 2 unspecified atom stereocenters. The molecule has 0 aliphatic carbocycles. The molecule has 1 amide bonds. The van der Waals surface area contributed by atoms with E-state index in [9.17, 15) is 9.90 Å². The molecule has 2 N–H and O–H groups in total. The molecule has 1 heterocycles. The van der Waals surface area contributed by atoms with Crippen molar-refractivity contribution in [3.8, 4) is 5.75 Å². The number of nitrogens with zero attached hydrogens (tertiary/aromatic N) is 1. The predicted octanol–water partition coefficient (Wildman–Crippen LogP) is 2.91. The molecule has 5 nitrogen and oxygen atoms in total. The van der Waals surface area contributed by atoms with E-state index in [4.69, 9.17) is 4.74 Å². The molecular weight excluding hydrogens is 280 g/mol. The molecule has 1 aromatic rings. The monoisotopic (exact) mass is 306 g/mol. The summed E-state index contributed by atoms with van der Waals surface area (Å²) in [7, 11) is 1.91. The molecule has 1 aromatic carbocycles. The Balaban J connectivity index is 2.03. The third-order valence-electron chi connectivity index (χ3n) is 3.89. The maximum Gasteiger partial charge on any atom is 0.410 e. The van der Waals surface area contributed by atoms with Crippen LogP contribution in [0.3, 0.4) is 0 Å². The maximum absolute atomic E-state index is 12.2. The van der Waals surface area contributed by atoms with Crippen LogP contribution in [0.15, 0.2) is 24.3 Å².